The first-order valence-corrected chi connectivity index (χ1v) is 11.3. The molecule has 180 valence electrons. The number of hydrogen-bond acceptors (Lipinski definition) is 6. The molecule has 0 saturated heterocycles. The summed E-state index contributed by atoms with van der Waals surface area (Å²) in [5, 5.41) is 2.46. The third-order valence-electron chi connectivity index (χ3n) is 3.88. The summed E-state index contributed by atoms with van der Waals surface area (Å²) in [5.74, 6) is -1.85. The van der Waals surface area contributed by atoms with Crippen molar-refractivity contribution in [2.24, 2.45) is 0 Å². The lowest BCUT2D eigenvalue weighted by Crippen LogP contribution is -2.21. The normalized spacial score (nSPS) is 12.2. The van der Waals surface area contributed by atoms with Gasteiger partial charge in [-0.25, -0.2) is 17.8 Å². The number of nitrogens with two attached hydrogens (primary N) is 1. The quantitative estimate of drug-likeness (QED) is 0.296. The van der Waals surface area contributed by atoms with Crippen LogP contribution in [0.2, 0.25) is 0 Å². The molecule has 0 bridgehead atoms. The second kappa shape index (κ2) is 10.1. The van der Waals surface area contributed by atoms with E-state index in [4.69, 9.17) is 10.5 Å². The van der Waals surface area contributed by atoms with Gasteiger partial charge in [-0.3, -0.25) is 9.52 Å². The van der Waals surface area contributed by atoms with E-state index in [-0.39, 0.29) is 29.2 Å². The van der Waals surface area contributed by atoms with Crippen molar-refractivity contribution in [1.82, 2.24) is 10.3 Å². The third-order valence-corrected chi connectivity index (χ3v) is 4.45. The Balaban J connectivity index is 2.13. The molecule has 0 saturated carbocycles. The van der Waals surface area contributed by atoms with Crippen LogP contribution in [0.5, 0.6) is 5.88 Å². The Morgan fingerprint density at radius 3 is 2.48 bits per heavy atom. The zero-order chi connectivity index (χ0) is 25.0. The molecule has 0 aliphatic heterocycles. The monoisotopic (exact) mass is 490 g/mol. The summed E-state index contributed by atoms with van der Waals surface area (Å²) < 4.78 is 82.7. The van der Waals surface area contributed by atoms with Crippen LogP contribution in [0.3, 0.4) is 0 Å². The van der Waals surface area contributed by atoms with Gasteiger partial charge in [0.1, 0.15) is 17.2 Å². The molecule has 33 heavy (non-hydrogen) atoms. The zero-order valence-corrected chi connectivity index (χ0v) is 18.6. The topological polar surface area (TPSA) is 123 Å². The number of nitrogens with one attached hydrogen (secondary N) is 2. The average Bonchev–Trinajstić information content (AvgIpc) is 2.66. The van der Waals surface area contributed by atoms with Crippen molar-refractivity contribution in [3.63, 3.8) is 0 Å². The Bertz CT molecular complexity index is 1140. The number of nitrogens with zero attached hydrogens (tertiary/aromatic N) is 1. The van der Waals surface area contributed by atoms with Crippen LogP contribution in [-0.4, -0.2) is 31.7 Å². The molecule has 1 aromatic carbocycles. The van der Waals surface area contributed by atoms with Crippen molar-refractivity contribution < 1.29 is 35.5 Å². The van der Waals surface area contributed by atoms with E-state index in [1.807, 2.05) is 4.72 Å². The summed E-state index contributed by atoms with van der Waals surface area (Å²) >= 11 is 0. The number of alkyl halides is 3. The summed E-state index contributed by atoms with van der Waals surface area (Å²) in [7, 11) is -3.74. The van der Waals surface area contributed by atoms with E-state index in [2.05, 4.69) is 10.3 Å². The van der Waals surface area contributed by atoms with E-state index < -0.39 is 45.4 Å². The highest BCUT2D eigenvalue weighted by Crippen LogP contribution is 2.31. The Hall–Kier alpha value is -3.35. The number of ether oxygens (including phenoxy) is 1. The van der Waals surface area contributed by atoms with Crippen LogP contribution in [0.25, 0.3) is 6.08 Å². The lowest BCUT2D eigenvalue weighted by molar-refractivity contribution is -0.141. The van der Waals surface area contributed by atoms with Gasteiger partial charge in [-0.05, 0) is 49.8 Å². The van der Waals surface area contributed by atoms with Crippen LogP contribution in [0.1, 0.15) is 30.7 Å². The van der Waals surface area contributed by atoms with Crippen LogP contribution < -0.4 is 20.5 Å². The molecule has 0 fully saturated rings. The summed E-state index contributed by atoms with van der Waals surface area (Å²) in [6.45, 7) is 3.08. The Kier molecular flexibility index (Phi) is 7.90. The fraction of sp³-hybridized carbons (Fsp3) is 0.300. The average molecular weight is 490 g/mol. The molecule has 8 nitrogen and oxygen atoms in total. The van der Waals surface area contributed by atoms with Crippen molar-refractivity contribution in [2.75, 3.05) is 16.7 Å². The number of rotatable bonds is 8. The van der Waals surface area contributed by atoms with Gasteiger partial charge in [-0.15, -0.1) is 0 Å². The van der Waals surface area contributed by atoms with E-state index in [0.717, 1.165) is 30.5 Å². The second-order valence-corrected chi connectivity index (χ2v) is 8.97. The largest absolute Gasteiger partial charge is 0.475 e. The Morgan fingerprint density at radius 2 is 1.94 bits per heavy atom. The van der Waals surface area contributed by atoms with E-state index in [1.165, 1.54) is 12.1 Å². The predicted molar refractivity (Wildman–Crippen MR) is 115 cm³/mol. The molecule has 1 heterocycles. The highest BCUT2D eigenvalue weighted by Gasteiger charge is 2.33. The maximum atomic E-state index is 14.2. The van der Waals surface area contributed by atoms with Crippen molar-refractivity contribution in [3.8, 4) is 5.88 Å². The minimum atomic E-state index is -4.65. The van der Waals surface area contributed by atoms with Gasteiger partial charge in [0.2, 0.25) is 21.8 Å². The predicted octanol–water partition coefficient (Wildman–Crippen LogP) is 3.31. The van der Waals surface area contributed by atoms with Gasteiger partial charge in [0, 0.05) is 18.2 Å². The molecular formula is C20H22F4N4O4S. The van der Waals surface area contributed by atoms with Crippen LogP contribution >= 0.6 is 0 Å². The maximum Gasteiger partial charge on any atom is 0.433 e. The van der Waals surface area contributed by atoms with Gasteiger partial charge in [-0.2, -0.15) is 13.2 Å². The van der Waals surface area contributed by atoms with Crippen molar-refractivity contribution in [1.29, 1.82) is 0 Å². The Morgan fingerprint density at radius 1 is 1.27 bits per heavy atom. The molecule has 0 radical (unpaired) electrons. The van der Waals surface area contributed by atoms with Crippen LogP contribution in [0.15, 0.2) is 30.3 Å². The highest BCUT2D eigenvalue weighted by molar-refractivity contribution is 7.92. The summed E-state index contributed by atoms with van der Waals surface area (Å²) in [6, 6.07) is 4.18. The number of nitrogen functional groups attached to an aromatic ring is 1. The SMILES string of the molecule is CC(C)Oc1nc(C(F)(F)F)ccc1/C=C/C(=O)NCc1cc(N)c(NS(C)(=O)=O)c(F)c1. The number of hydrogen-bond donors (Lipinski definition) is 3. The number of carbonyl (C=O) groups excluding carboxylic acids is 1. The van der Waals surface area contributed by atoms with Crippen LogP contribution in [0, 0.1) is 5.82 Å². The molecule has 0 spiro atoms. The summed E-state index contributed by atoms with van der Waals surface area (Å²) in [4.78, 5) is 15.6. The molecule has 2 aromatic rings. The molecule has 2 rings (SSSR count). The minimum Gasteiger partial charge on any atom is -0.475 e. The van der Waals surface area contributed by atoms with E-state index >= 15 is 0 Å². The number of pyridine rings is 1. The third kappa shape index (κ3) is 7.93. The molecule has 0 aliphatic carbocycles. The summed E-state index contributed by atoms with van der Waals surface area (Å²) in [5.41, 5.74) is 4.37. The van der Waals surface area contributed by atoms with Crippen molar-refractivity contribution in [3.05, 3.63) is 53.0 Å². The van der Waals surface area contributed by atoms with Crippen molar-refractivity contribution >= 4 is 33.4 Å². The van der Waals surface area contributed by atoms with Gasteiger partial charge < -0.3 is 15.8 Å². The number of anilines is 2. The first kappa shape index (κ1) is 25.9. The van der Waals surface area contributed by atoms with Crippen LogP contribution in [-0.2, 0) is 27.5 Å². The number of aromatic nitrogens is 1. The summed E-state index contributed by atoms with van der Waals surface area (Å²) in [6.07, 6.45) is -1.98. The highest BCUT2D eigenvalue weighted by atomic mass is 32.2. The number of benzene rings is 1. The molecule has 1 aromatic heterocycles. The molecule has 13 heteroatoms. The van der Waals surface area contributed by atoms with Gasteiger partial charge in [0.05, 0.1) is 18.0 Å². The molecule has 0 atom stereocenters. The number of carbonyl (C=O) groups is 1. The standard InChI is InChI=1S/C20H22F4N4O4S/c1-11(2)32-19-13(4-6-16(27-19)20(22,23)24)5-7-17(29)26-10-12-8-14(21)18(15(25)9-12)28-33(3,30)31/h4-9,11,28H,10,25H2,1-3H3,(H,26,29)/b7-5+. The molecule has 1 amide bonds. The number of sulfonamides is 1. The Labute approximate surface area is 187 Å². The van der Waals surface area contributed by atoms with Gasteiger partial charge in [-0.1, -0.05) is 0 Å². The van der Waals surface area contributed by atoms with Crippen molar-refractivity contribution in [2.45, 2.75) is 32.7 Å². The first-order valence-electron chi connectivity index (χ1n) is 9.42. The number of amides is 1. The fourth-order valence-corrected chi connectivity index (χ4v) is 3.13. The minimum absolute atomic E-state index is 0.149. The lowest BCUT2D eigenvalue weighted by atomic mass is 10.1. The smallest absolute Gasteiger partial charge is 0.433 e. The van der Waals surface area contributed by atoms with Gasteiger partial charge in [0.15, 0.2) is 0 Å². The lowest BCUT2D eigenvalue weighted by Gasteiger charge is -2.14. The van der Waals surface area contributed by atoms with Gasteiger partial charge >= 0.3 is 6.18 Å². The molecule has 0 aliphatic rings. The van der Waals surface area contributed by atoms with Gasteiger partial charge in [0.25, 0.3) is 0 Å². The maximum absolute atomic E-state index is 14.2. The molecule has 4 N–H and O–H groups in total. The second-order valence-electron chi connectivity index (χ2n) is 7.22. The number of halogens is 4. The van der Waals surface area contributed by atoms with E-state index in [9.17, 15) is 30.8 Å². The van der Waals surface area contributed by atoms with Crippen LogP contribution in [0.4, 0.5) is 28.9 Å². The fourth-order valence-electron chi connectivity index (χ4n) is 2.55. The van der Waals surface area contributed by atoms with E-state index in [1.54, 1.807) is 13.8 Å². The zero-order valence-electron chi connectivity index (χ0n) is 17.8. The molecular weight excluding hydrogens is 468 g/mol. The molecule has 0 unspecified atom stereocenters. The first-order chi connectivity index (χ1) is 15.2. The van der Waals surface area contributed by atoms with E-state index in [0.29, 0.717) is 0 Å².